The first-order chi connectivity index (χ1) is 54.0. The minimum absolute atomic E-state index is 0.0669. The average Bonchev–Trinajstić information content (AvgIpc) is 1.56. The summed E-state index contributed by atoms with van der Waals surface area (Å²) < 4.78 is 0. The largest absolute Gasteiger partial charge is 0.256 e. The quantitative estimate of drug-likeness (QED) is 0.121. The fourth-order valence-electron chi connectivity index (χ4n) is 16.6. The van der Waals surface area contributed by atoms with E-state index in [1.807, 2.05) is 85.2 Å². The Morgan fingerprint density at radius 2 is 0.582 bits per heavy atom. The van der Waals surface area contributed by atoms with Gasteiger partial charge in [0.25, 0.3) is 0 Å². The van der Waals surface area contributed by atoms with Gasteiger partial charge in [-0.25, -0.2) is 19.9 Å². The average molecular weight is 1410 g/mol. The first kappa shape index (κ1) is 66.7. The van der Waals surface area contributed by atoms with Crippen LogP contribution in [0.25, 0.3) is 179 Å². The SMILES string of the molecule is CC1(C)c2cccc(-c3ccc(-c4ccc(-c5cc(-c6ccc(-c7ccccc7)nc6)nc(-c6ccccc6)n5)cc4)cc3)c2-c2c1ccc1ccccc21.CC1(C)c2cccc(-c3ccc(-c4ccc(-c5cc(-c6ccc(-c7ccccn7)cc6)nc(-c6ccccc6)n5)cc4)cc3)c2-c2ccc3ccccc3c21. The second kappa shape index (κ2) is 27.8. The van der Waals surface area contributed by atoms with E-state index in [1.165, 1.54) is 99.4 Å². The van der Waals surface area contributed by atoms with Crippen LogP contribution in [-0.4, -0.2) is 29.9 Å². The van der Waals surface area contributed by atoms with Gasteiger partial charge in [-0.05, 0) is 147 Å². The molecule has 4 heterocycles. The molecule has 0 N–H and O–H groups in total. The van der Waals surface area contributed by atoms with E-state index in [1.54, 1.807) is 0 Å². The van der Waals surface area contributed by atoms with Crippen LogP contribution in [0.1, 0.15) is 49.9 Å². The first-order valence-electron chi connectivity index (χ1n) is 37.7. The van der Waals surface area contributed by atoms with Gasteiger partial charge < -0.3 is 0 Å². The van der Waals surface area contributed by atoms with E-state index in [0.717, 1.165) is 89.8 Å². The van der Waals surface area contributed by atoms with Crippen molar-refractivity contribution >= 4 is 21.5 Å². The predicted octanol–water partition coefficient (Wildman–Crippen LogP) is 26.7. The van der Waals surface area contributed by atoms with Crippen LogP contribution >= 0.6 is 0 Å². The maximum Gasteiger partial charge on any atom is 0.160 e. The first-order valence-corrected chi connectivity index (χ1v) is 37.7. The summed E-state index contributed by atoms with van der Waals surface area (Å²) in [7, 11) is 0. The third-order valence-corrected chi connectivity index (χ3v) is 22.4. The molecule has 18 aromatic rings. The highest BCUT2D eigenvalue weighted by atomic mass is 14.9. The van der Waals surface area contributed by atoms with Crippen molar-refractivity contribution in [1.29, 1.82) is 0 Å². The van der Waals surface area contributed by atoms with Crippen LogP contribution < -0.4 is 0 Å². The van der Waals surface area contributed by atoms with Gasteiger partial charge in [0.2, 0.25) is 0 Å². The number of benzene rings is 14. The van der Waals surface area contributed by atoms with Crippen molar-refractivity contribution < 1.29 is 0 Å². The molecule has 0 atom stereocenters. The van der Waals surface area contributed by atoms with Gasteiger partial charge in [0.05, 0.1) is 34.2 Å². The normalized spacial score (nSPS) is 12.7. The molecule has 0 spiro atoms. The van der Waals surface area contributed by atoms with Crippen LogP contribution in [0.2, 0.25) is 0 Å². The third kappa shape index (κ3) is 12.2. The van der Waals surface area contributed by atoms with Crippen LogP contribution in [0.3, 0.4) is 0 Å². The summed E-state index contributed by atoms with van der Waals surface area (Å²) in [4.78, 5) is 29.4. The van der Waals surface area contributed by atoms with E-state index in [2.05, 4.69) is 324 Å². The minimum Gasteiger partial charge on any atom is -0.256 e. The zero-order chi connectivity index (χ0) is 73.9. The standard InChI is InChI=1S/2C52H37N3/c1-52(2)44-19-11-18-43(49(44)50-42-17-10-9-12-36(42)28-30-45(50)52)37-24-20-34(21-25-37)35-22-26-39(27-23-35)47-32-48(55-51(54-47)40-15-7-4-8-16-40)41-29-31-46(53-33-41)38-13-5-3-6-14-38;1-52(2)45-16-10-15-42(49(45)44-31-30-36-11-6-7-14-43(36)50(44)52)37-22-18-34(19-23-37)35-20-24-39(25-21-35)47-33-48(55-51(54-47)41-12-4-3-5-13-41)40-28-26-38(27-29-40)46-17-8-9-32-53-46/h2*3-33H,1-2H3. The Morgan fingerprint density at radius 3 is 1.07 bits per heavy atom. The molecule has 2 aliphatic rings. The molecule has 0 aliphatic heterocycles. The van der Waals surface area contributed by atoms with Crippen molar-refractivity contribution in [2.45, 2.75) is 38.5 Å². The molecule has 0 unspecified atom stereocenters. The second-order valence-corrected chi connectivity index (χ2v) is 29.7. The van der Waals surface area contributed by atoms with Gasteiger partial charge in [0, 0.05) is 67.7 Å². The van der Waals surface area contributed by atoms with Gasteiger partial charge in [0.15, 0.2) is 11.6 Å². The Hall–Kier alpha value is -13.9. The second-order valence-electron chi connectivity index (χ2n) is 29.7. The molecule has 0 saturated heterocycles. The van der Waals surface area contributed by atoms with Crippen molar-refractivity contribution in [2.24, 2.45) is 0 Å². The highest BCUT2D eigenvalue weighted by Crippen LogP contribution is 2.56. The highest BCUT2D eigenvalue weighted by Gasteiger charge is 2.40. The number of hydrogen-bond acceptors (Lipinski definition) is 6. The van der Waals surface area contributed by atoms with Crippen LogP contribution in [0.4, 0.5) is 0 Å². The Bertz CT molecular complexity index is 6480. The zero-order valence-corrected chi connectivity index (χ0v) is 61.5. The van der Waals surface area contributed by atoms with E-state index >= 15 is 0 Å². The molecule has 110 heavy (non-hydrogen) atoms. The predicted molar refractivity (Wildman–Crippen MR) is 455 cm³/mol. The summed E-state index contributed by atoms with van der Waals surface area (Å²) in [5.74, 6) is 1.39. The summed E-state index contributed by atoms with van der Waals surface area (Å²) in [6, 6.07) is 129. The van der Waals surface area contributed by atoms with Crippen LogP contribution in [0.15, 0.2) is 376 Å². The molecule has 2 aliphatic carbocycles. The Morgan fingerprint density at radius 1 is 0.209 bits per heavy atom. The molecule has 0 radical (unpaired) electrons. The maximum atomic E-state index is 5.06. The number of pyridine rings is 2. The molecule has 14 aromatic carbocycles. The van der Waals surface area contributed by atoms with Gasteiger partial charge in [-0.15, -0.1) is 0 Å². The van der Waals surface area contributed by atoms with E-state index in [9.17, 15) is 0 Å². The molecule has 6 nitrogen and oxygen atoms in total. The topological polar surface area (TPSA) is 77.3 Å². The van der Waals surface area contributed by atoms with Gasteiger partial charge >= 0.3 is 0 Å². The lowest BCUT2D eigenvalue weighted by Gasteiger charge is -2.23. The number of nitrogens with zero attached hydrogens (tertiary/aromatic N) is 6. The lowest BCUT2D eigenvalue weighted by atomic mass is 9.80. The van der Waals surface area contributed by atoms with Crippen molar-refractivity contribution in [3.05, 3.63) is 399 Å². The highest BCUT2D eigenvalue weighted by molar-refractivity contribution is 6.07. The van der Waals surface area contributed by atoms with Crippen LogP contribution in [-0.2, 0) is 10.8 Å². The Kier molecular flexibility index (Phi) is 16.8. The Labute approximate surface area is 641 Å². The molecule has 520 valence electrons. The molecule has 20 rings (SSSR count). The number of rotatable bonds is 12. The molecule has 0 bridgehead atoms. The summed E-state index contributed by atoms with van der Waals surface area (Å²) in [6.07, 6.45) is 3.73. The summed E-state index contributed by atoms with van der Waals surface area (Å²) >= 11 is 0. The smallest absolute Gasteiger partial charge is 0.160 e. The van der Waals surface area contributed by atoms with Gasteiger partial charge in [0.1, 0.15) is 0 Å². The minimum atomic E-state index is -0.0831. The molecular formula is C104H74N6. The monoisotopic (exact) mass is 1410 g/mol. The summed E-state index contributed by atoms with van der Waals surface area (Å²) in [5.41, 5.74) is 34.1. The van der Waals surface area contributed by atoms with E-state index in [4.69, 9.17) is 24.9 Å². The maximum absolute atomic E-state index is 5.06. The van der Waals surface area contributed by atoms with Crippen molar-refractivity contribution in [1.82, 2.24) is 29.9 Å². The van der Waals surface area contributed by atoms with E-state index in [-0.39, 0.29) is 10.8 Å². The summed E-state index contributed by atoms with van der Waals surface area (Å²) in [6.45, 7) is 9.45. The molecular weight excluding hydrogens is 1330 g/mol. The molecule has 0 amide bonds. The molecule has 6 heteroatoms. The third-order valence-electron chi connectivity index (χ3n) is 22.4. The number of hydrogen-bond donors (Lipinski definition) is 0. The lowest BCUT2D eigenvalue weighted by molar-refractivity contribution is 0.661. The fourth-order valence-corrected chi connectivity index (χ4v) is 16.6. The molecule has 0 fully saturated rings. The van der Waals surface area contributed by atoms with Gasteiger partial charge in [-0.1, -0.05) is 355 Å². The Balaban J connectivity index is 0.000000149. The van der Waals surface area contributed by atoms with Crippen molar-refractivity contribution in [3.63, 3.8) is 0 Å². The number of aromatic nitrogens is 6. The molecule has 4 aromatic heterocycles. The molecule has 0 saturated carbocycles. The van der Waals surface area contributed by atoms with E-state index < -0.39 is 0 Å². The number of fused-ring (bicyclic) bond motifs is 10. The van der Waals surface area contributed by atoms with Gasteiger partial charge in [-0.3, -0.25) is 9.97 Å². The summed E-state index contributed by atoms with van der Waals surface area (Å²) in [5, 5.41) is 5.24. The zero-order valence-electron chi connectivity index (χ0n) is 61.5. The van der Waals surface area contributed by atoms with E-state index in [0.29, 0.717) is 11.6 Å². The van der Waals surface area contributed by atoms with Crippen molar-refractivity contribution in [3.8, 4) is 157 Å². The fraction of sp³-hybridized carbons (Fsp3) is 0.0577. The lowest BCUT2D eigenvalue weighted by Crippen LogP contribution is -2.15. The van der Waals surface area contributed by atoms with Gasteiger partial charge in [-0.2, -0.15) is 0 Å². The van der Waals surface area contributed by atoms with Crippen LogP contribution in [0, 0.1) is 0 Å². The van der Waals surface area contributed by atoms with Crippen LogP contribution in [0.5, 0.6) is 0 Å². The van der Waals surface area contributed by atoms with Crippen molar-refractivity contribution in [2.75, 3.05) is 0 Å².